The number of carbonyl (C=O) groups excluding carboxylic acids is 1. The average Bonchev–Trinajstić information content (AvgIpc) is 3.64. The van der Waals surface area contributed by atoms with E-state index in [1.54, 1.807) is 35.1 Å². The Balaban J connectivity index is 1.38. The molecule has 0 saturated heterocycles. The second-order valence-electron chi connectivity index (χ2n) is 8.31. The third kappa shape index (κ3) is 4.41. The van der Waals surface area contributed by atoms with Gasteiger partial charge in [-0.25, -0.2) is 4.39 Å². The second kappa shape index (κ2) is 9.58. The van der Waals surface area contributed by atoms with Gasteiger partial charge in [-0.3, -0.25) is 14.5 Å². The number of aromatic nitrogens is 3. The number of pyridine rings is 1. The van der Waals surface area contributed by atoms with E-state index in [2.05, 4.69) is 21.3 Å². The number of amides is 1. The molecule has 182 valence electrons. The number of rotatable bonds is 8. The molecule has 1 fully saturated rings. The highest BCUT2D eigenvalue weighted by atomic mass is 19.1. The van der Waals surface area contributed by atoms with Crippen LogP contribution < -0.4 is 19.5 Å². The van der Waals surface area contributed by atoms with Crippen LogP contribution in [0.3, 0.4) is 0 Å². The van der Waals surface area contributed by atoms with Gasteiger partial charge in [-0.2, -0.15) is 5.10 Å². The van der Waals surface area contributed by atoms with Crippen LogP contribution in [0.2, 0.25) is 0 Å². The molecule has 0 atom stereocenters. The Kier molecular flexibility index (Phi) is 6.17. The van der Waals surface area contributed by atoms with Crippen molar-refractivity contribution in [1.29, 1.82) is 0 Å². The molecule has 0 aliphatic heterocycles. The van der Waals surface area contributed by atoms with E-state index in [-0.39, 0.29) is 17.6 Å². The lowest BCUT2D eigenvalue weighted by atomic mass is 10.1. The van der Waals surface area contributed by atoms with E-state index in [4.69, 9.17) is 20.6 Å². The van der Waals surface area contributed by atoms with E-state index < -0.39 is 5.82 Å². The van der Waals surface area contributed by atoms with Crippen molar-refractivity contribution in [2.45, 2.75) is 25.3 Å². The molecule has 1 N–H and O–H groups in total. The number of fused-ring (bicyclic) bond motifs is 1. The summed E-state index contributed by atoms with van der Waals surface area (Å²) in [4.78, 5) is 17.3. The number of halogens is 1. The van der Waals surface area contributed by atoms with E-state index in [1.807, 2.05) is 0 Å². The van der Waals surface area contributed by atoms with Crippen molar-refractivity contribution in [1.82, 2.24) is 14.8 Å². The Morgan fingerprint density at radius 2 is 1.92 bits per heavy atom. The molecule has 1 amide bonds. The maximum atomic E-state index is 15.0. The SMILES string of the molecule is C#CCn1ncc(C(=O)Nc2ccc(Oc3ccnc4cc(OC)c(OC)cc34)c(F)c2)c1C1CC1. The summed E-state index contributed by atoms with van der Waals surface area (Å²) >= 11 is 0. The van der Waals surface area contributed by atoms with E-state index in [0.29, 0.717) is 45.9 Å². The van der Waals surface area contributed by atoms with Gasteiger partial charge < -0.3 is 19.5 Å². The number of benzene rings is 2. The summed E-state index contributed by atoms with van der Waals surface area (Å²) in [6.45, 7) is 0.294. The molecule has 1 aliphatic rings. The van der Waals surface area contributed by atoms with Crippen LogP contribution in [0.25, 0.3) is 10.9 Å². The van der Waals surface area contributed by atoms with Crippen LogP contribution in [0.1, 0.15) is 34.8 Å². The predicted octanol–water partition coefficient (Wildman–Crippen LogP) is 5.14. The third-order valence-electron chi connectivity index (χ3n) is 5.95. The number of nitrogens with zero attached hydrogens (tertiary/aromatic N) is 3. The van der Waals surface area contributed by atoms with Crippen molar-refractivity contribution in [3.8, 4) is 35.3 Å². The second-order valence-corrected chi connectivity index (χ2v) is 8.31. The Hall–Kier alpha value is -4.58. The highest BCUT2D eigenvalue weighted by Crippen LogP contribution is 2.42. The average molecular weight is 487 g/mol. The van der Waals surface area contributed by atoms with Gasteiger partial charge in [0.2, 0.25) is 0 Å². The summed E-state index contributed by atoms with van der Waals surface area (Å²) in [6, 6.07) is 9.32. The highest BCUT2D eigenvalue weighted by Gasteiger charge is 2.32. The summed E-state index contributed by atoms with van der Waals surface area (Å²) < 4.78 is 33.2. The maximum absolute atomic E-state index is 15.0. The van der Waals surface area contributed by atoms with Gasteiger partial charge in [0.05, 0.1) is 37.2 Å². The Morgan fingerprint density at radius 1 is 1.14 bits per heavy atom. The largest absolute Gasteiger partial charge is 0.493 e. The molecular formula is C27H23FN4O4. The first kappa shape index (κ1) is 23.2. The number of hydrogen-bond donors (Lipinski definition) is 1. The van der Waals surface area contributed by atoms with E-state index >= 15 is 0 Å². The fraction of sp³-hybridized carbons (Fsp3) is 0.222. The number of anilines is 1. The molecule has 2 aromatic carbocycles. The van der Waals surface area contributed by atoms with Gasteiger partial charge in [-0.1, -0.05) is 5.92 Å². The molecule has 0 radical (unpaired) electrons. The molecule has 0 spiro atoms. The fourth-order valence-electron chi connectivity index (χ4n) is 4.08. The van der Waals surface area contributed by atoms with Gasteiger partial charge in [0.15, 0.2) is 23.1 Å². The summed E-state index contributed by atoms with van der Waals surface area (Å²) in [7, 11) is 3.07. The Bertz CT molecular complexity index is 1500. The minimum Gasteiger partial charge on any atom is -0.493 e. The topological polar surface area (TPSA) is 87.5 Å². The fourth-order valence-corrected chi connectivity index (χ4v) is 4.08. The van der Waals surface area contributed by atoms with Crippen LogP contribution in [0.4, 0.5) is 10.1 Å². The molecular weight excluding hydrogens is 463 g/mol. The van der Waals surface area contributed by atoms with Crippen LogP contribution in [-0.2, 0) is 6.54 Å². The first-order valence-corrected chi connectivity index (χ1v) is 11.3. The number of terminal acetylenes is 1. The molecule has 8 nitrogen and oxygen atoms in total. The van der Waals surface area contributed by atoms with Gasteiger partial charge >= 0.3 is 0 Å². The van der Waals surface area contributed by atoms with Crippen molar-refractivity contribution in [2.75, 3.05) is 19.5 Å². The summed E-state index contributed by atoms with van der Waals surface area (Å²) in [6.07, 6.45) is 10.5. The monoisotopic (exact) mass is 486 g/mol. The van der Waals surface area contributed by atoms with Crippen LogP contribution in [0.15, 0.2) is 48.8 Å². The molecule has 36 heavy (non-hydrogen) atoms. The molecule has 0 unspecified atom stereocenters. The van der Waals surface area contributed by atoms with Gasteiger partial charge in [0.1, 0.15) is 12.3 Å². The van der Waals surface area contributed by atoms with Gasteiger partial charge in [0.25, 0.3) is 5.91 Å². The van der Waals surface area contributed by atoms with E-state index in [9.17, 15) is 9.18 Å². The lowest BCUT2D eigenvalue weighted by molar-refractivity contribution is 0.102. The smallest absolute Gasteiger partial charge is 0.259 e. The van der Waals surface area contributed by atoms with Gasteiger partial charge in [-0.05, 0) is 37.1 Å². The molecule has 1 saturated carbocycles. The number of nitrogens with one attached hydrogen (secondary N) is 1. The van der Waals surface area contributed by atoms with Crippen molar-refractivity contribution in [3.63, 3.8) is 0 Å². The van der Waals surface area contributed by atoms with Gasteiger partial charge in [-0.15, -0.1) is 6.42 Å². The van der Waals surface area contributed by atoms with Crippen molar-refractivity contribution in [3.05, 3.63) is 65.9 Å². The molecule has 4 aromatic rings. The molecule has 9 heteroatoms. The van der Waals surface area contributed by atoms with Crippen LogP contribution in [-0.4, -0.2) is 34.9 Å². The lowest BCUT2D eigenvalue weighted by Crippen LogP contribution is -2.14. The van der Waals surface area contributed by atoms with E-state index in [1.165, 1.54) is 32.5 Å². The quantitative estimate of drug-likeness (QED) is 0.347. The minimum absolute atomic E-state index is 0.00390. The zero-order valence-electron chi connectivity index (χ0n) is 19.7. The van der Waals surface area contributed by atoms with Crippen molar-refractivity contribution in [2.24, 2.45) is 0 Å². The number of methoxy groups -OCH3 is 2. The first-order valence-electron chi connectivity index (χ1n) is 11.3. The Morgan fingerprint density at radius 3 is 2.61 bits per heavy atom. The minimum atomic E-state index is -0.635. The first-order chi connectivity index (χ1) is 17.5. The third-order valence-corrected chi connectivity index (χ3v) is 5.95. The molecule has 1 aliphatic carbocycles. The Labute approximate surface area is 207 Å². The summed E-state index contributed by atoms with van der Waals surface area (Å²) in [5.74, 6) is 3.23. The summed E-state index contributed by atoms with van der Waals surface area (Å²) in [5.41, 5.74) is 2.16. The summed E-state index contributed by atoms with van der Waals surface area (Å²) in [5, 5.41) is 7.63. The van der Waals surface area contributed by atoms with Crippen molar-refractivity contribution < 1.29 is 23.4 Å². The van der Waals surface area contributed by atoms with E-state index in [0.717, 1.165) is 18.5 Å². The maximum Gasteiger partial charge on any atom is 0.259 e. The van der Waals surface area contributed by atoms with Crippen LogP contribution in [0, 0.1) is 18.2 Å². The number of hydrogen-bond acceptors (Lipinski definition) is 6. The zero-order chi connectivity index (χ0) is 25.2. The lowest BCUT2D eigenvalue weighted by Gasteiger charge is -2.13. The standard InChI is InChI=1S/C27H23FN4O4/c1-4-11-32-26(16-5-6-16)19(15-30-32)27(33)31-17-7-8-23(20(28)12-17)36-22-9-10-29-21-14-25(35-3)24(34-2)13-18(21)22/h1,7-10,12-16H,5-6,11H2,2-3H3,(H,31,33). The van der Waals surface area contributed by atoms with Crippen LogP contribution >= 0.6 is 0 Å². The van der Waals surface area contributed by atoms with Crippen LogP contribution in [0.5, 0.6) is 23.0 Å². The molecule has 0 bridgehead atoms. The zero-order valence-corrected chi connectivity index (χ0v) is 19.7. The highest BCUT2D eigenvalue weighted by molar-refractivity contribution is 6.05. The predicted molar refractivity (Wildman–Crippen MR) is 132 cm³/mol. The molecule has 5 rings (SSSR count). The number of carbonyl (C=O) groups is 1. The number of ether oxygens (including phenoxy) is 3. The molecule has 2 heterocycles. The van der Waals surface area contributed by atoms with Crippen molar-refractivity contribution >= 4 is 22.5 Å². The molecule has 2 aromatic heterocycles. The normalized spacial score (nSPS) is 12.7. The van der Waals surface area contributed by atoms with Gasteiger partial charge in [0, 0.05) is 35.3 Å².